The lowest BCUT2D eigenvalue weighted by atomic mass is 10.1. The van der Waals surface area contributed by atoms with Crippen LogP contribution in [0.2, 0.25) is 0 Å². The summed E-state index contributed by atoms with van der Waals surface area (Å²) in [7, 11) is 0. The molecule has 0 saturated carbocycles. The van der Waals surface area contributed by atoms with E-state index in [9.17, 15) is 4.79 Å². The SMILES string of the molecule is CCOC(=O)c1c(-c2ccco2)noc1-c1ccco1. The number of hydrogen-bond donors (Lipinski definition) is 0. The third-order valence-corrected chi connectivity index (χ3v) is 2.67. The minimum atomic E-state index is -0.536. The van der Waals surface area contributed by atoms with Gasteiger partial charge in [0.2, 0.25) is 5.76 Å². The summed E-state index contributed by atoms with van der Waals surface area (Å²) in [6, 6.07) is 6.76. The van der Waals surface area contributed by atoms with E-state index in [0.29, 0.717) is 17.2 Å². The normalized spacial score (nSPS) is 10.7. The highest BCUT2D eigenvalue weighted by Gasteiger charge is 2.28. The quantitative estimate of drug-likeness (QED) is 0.678. The second kappa shape index (κ2) is 5.08. The number of nitrogens with zero attached hydrogens (tertiary/aromatic N) is 1. The van der Waals surface area contributed by atoms with E-state index >= 15 is 0 Å². The molecule has 0 atom stereocenters. The third-order valence-electron chi connectivity index (χ3n) is 2.67. The number of furan rings is 2. The number of ether oxygens (including phenoxy) is 1. The number of rotatable bonds is 4. The van der Waals surface area contributed by atoms with E-state index in [1.807, 2.05) is 0 Å². The maximum atomic E-state index is 12.1. The maximum Gasteiger partial charge on any atom is 0.344 e. The Bertz CT molecular complexity index is 642. The molecule has 0 aliphatic heterocycles. The molecule has 0 unspecified atom stereocenters. The zero-order chi connectivity index (χ0) is 13.9. The average molecular weight is 273 g/mol. The lowest BCUT2D eigenvalue weighted by Crippen LogP contribution is -2.06. The van der Waals surface area contributed by atoms with E-state index in [1.165, 1.54) is 12.5 Å². The Morgan fingerprint density at radius 2 is 1.90 bits per heavy atom. The Labute approximate surface area is 113 Å². The van der Waals surface area contributed by atoms with Crippen LogP contribution in [0.3, 0.4) is 0 Å². The topological polar surface area (TPSA) is 78.6 Å². The number of hydrogen-bond acceptors (Lipinski definition) is 6. The fourth-order valence-electron chi connectivity index (χ4n) is 1.84. The van der Waals surface area contributed by atoms with Crippen molar-refractivity contribution in [1.29, 1.82) is 0 Å². The Morgan fingerprint density at radius 1 is 1.20 bits per heavy atom. The molecule has 0 aliphatic rings. The van der Waals surface area contributed by atoms with Crippen LogP contribution < -0.4 is 0 Å². The van der Waals surface area contributed by atoms with Crippen molar-refractivity contribution >= 4 is 5.97 Å². The summed E-state index contributed by atoms with van der Waals surface area (Å²) in [6.07, 6.45) is 2.98. The molecule has 3 rings (SSSR count). The Morgan fingerprint density at radius 3 is 2.50 bits per heavy atom. The molecule has 0 N–H and O–H groups in total. The zero-order valence-corrected chi connectivity index (χ0v) is 10.7. The third kappa shape index (κ3) is 2.01. The molecule has 20 heavy (non-hydrogen) atoms. The fraction of sp³-hybridized carbons (Fsp3) is 0.143. The van der Waals surface area contributed by atoms with Crippen LogP contribution in [0.4, 0.5) is 0 Å². The van der Waals surface area contributed by atoms with Crippen LogP contribution in [0.25, 0.3) is 23.0 Å². The van der Waals surface area contributed by atoms with Gasteiger partial charge >= 0.3 is 5.97 Å². The fourth-order valence-corrected chi connectivity index (χ4v) is 1.84. The zero-order valence-electron chi connectivity index (χ0n) is 10.7. The van der Waals surface area contributed by atoms with E-state index in [2.05, 4.69) is 5.16 Å². The van der Waals surface area contributed by atoms with Crippen molar-refractivity contribution in [2.75, 3.05) is 6.61 Å². The van der Waals surface area contributed by atoms with Gasteiger partial charge in [0.15, 0.2) is 17.2 Å². The summed E-state index contributed by atoms with van der Waals surface area (Å²) in [5.41, 5.74) is 0.483. The van der Waals surface area contributed by atoms with Crippen LogP contribution in [0.15, 0.2) is 50.1 Å². The minimum absolute atomic E-state index is 0.191. The first kappa shape index (κ1) is 12.3. The van der Waals surface area contributed by atoms with Crippen molar-refractivity contribution in [3.63, 3.8) is 0 Å². The average Bonchev–Trinajstić information content (AvgIpc) is 3.19. The molecule has 0 bridgehead atoms. The molecule has 0 aliphatic carbocycles. The lowest BCUT2D eigenvalue weighted by Gasteiger charge is -2.01. The molecular weight excluding hydrogens is 262 g/mol. The van der Waals surface area contributed by atoms with Gasteiger partial charge in [-0.25, -0.2) is 4.79 Å². The standard InChI is InChI=1S/C14H11NO5/c1-2-17-14(16)11-12(9-5-3-7-18-9)15-20-13(11)10-6-4-8-19-10/h3-8H,2H2,1H3. The van der Waals surface area contributed by atoms with E-state index in [1.54, 1.807) is 31.2 Å². The summed E-state index contributed by atoms with van der Waals surface area (Å²) in [5.74, 6) is 0.513. The number of carbonyl (C=O) groups is 1. The van der Waals surface area contributed by atoms with Gasteiger partial charge in [-0.3, -0.25) is 0 Å². The van der Waals surface area contributed by atoms with Gasteiger partial charge in [0.25, 0.3) is 0 Å². The van der Waals surface area contributed by atoms with Gasteiger partial charge in [-0.2, -0.15) is 0 Å². The highest BCUT2D eigenvalue weighted by Crippen LogP contribution is 2.33. The maximum absolute atomic E-state index is 12.1. The Hall–Kier alpha value is -2.76. The Kier molecular flexibility index (Phi) is 3.12. The van der Waals surface area contributed by atoms with Crippen LogP contribution in [-0.4, -0.2) is 17.7 Å². The van der Waals surface area contributed by atoms with Crippen molar-refractivity contribution in [1.82, 2.24) is 5.16 Å². The van der Waals surface area contributed by atoms with Gasteiger partial charge in [0, 0.05) is 0 Å². The monoisotopic (exact) mass is 273 g/mol. The first-order chi connectivity index (χ1) is 9.81. The first-order valence-corrected chi connectivity index (χ1v) is 6.05. The summed E-state index contributed by atoms with van der Waals surface area (Å²) in [4.78, 5) is 12.1. The number of esters is 1. The largest absolute Gasteiger partial charge is 0.463 e. The van der Waals surface area contributed by atoms with Crippen molar-refractivity contribution in [3.8, 4) is 23.0 Å². The molecule has 0 radical (unpaired) electrons. The summed E-state index contributed by atoms with van der Waals surface area (Å²) < 4.78 is 20.8. The van der Waals surface area contributed by atoms with Gasteiger partial charge in [0.1, 0.15) is 5.56 Å². The second-order valence-corrected chi connectivity index (χ2v) is 3.91. The molecule has 6 heteroatoms. The molecule has 3 aromatic rings. The molecule has 0 saturated heterocycles. The molecule has 0 amide bonds. The summed E-state index contributed by atoms with van der Waals surface area (Å²) in [6.45, 7) is 1.98. The lowest BCUT2D eigenvalue weighted by molar-refractivity contribution is 0.0527. The summed E-state index contributed by atoms with van der Waals surface area (Å²) in [5, 5.41) is 3.89. The van der Waals surface area contributed by atoms with Crippen molar-refractivity contribution in [2.45, 2.75) is 6.92 Å². The van der Waals surface area contributed by atoms with Gasteiger partial charge in [-0.15, -0.1) is 0 Å². The van der Waals surface area contributed by atoms with Crippen LogP contribution in [0.1, 0.15) is 17.3 Å². The van der Waals surface area contributed by atoms with E-state index in [-0.39, 0.29) is 17.9 Å². The van der Waals surface area contributed by atoms with Gasteiger partial charge in [-0.1, -0.05) is 5.16 Å². The predicted molar refractivity (Wildman–Crippen MR) is 67.9 cm³/mol. The van der Waals surface area contributed by atoms with Crippen LogP contribution >= 0.6 is 0 Å². The molecule has 3 aromatic heterocycles. The Balaban J connectivity index is 2.14. The second-order valence-electron chi connectivity index (χ2n) is 3.91. The molecule has 102 valence electrons. The van der Waals surface area contributed by atoms with Crippen molar-refractivity contribution in [3.05, 3.63) is 42.4 Å². The van der Waals surface area contributed by atoms with Crippen molar-refractivity contribution in [2.24, 2.45) is 0 Å². The molecule has 0 spiro atoms. The first-order valence-electron chi connectivity index (χ1n) is 6.05. The minimum Gasteiger partial charge on any atom is -0.463 e. The predicted octanol–water partition coefficient (Wildman–Crippen LogP) is 3.37. The molecule has 6 nitrogen and oxygen atoms in total. The molecule has 0 fully saturated rings. The van der Waals surface area contributed by atoms with Crippen LogP contribution in [0.5, 0.6) is 0 Å². The number of carbonyl (C=O) groups excluding carboxylic acids is 1. The highest BCUT2D eigenvalue weighted by molar-refractivity contribution is 6.00. The molecule has 3 heterocycles. The van der Waals surface area contributed by atoms with E-state index in [4.69, 9.17) is 18.1 Å². The summed E-state index contributed by atoms with van der Waals surface area (Å²) >= 11 is 0. The van der Waals surface area contributed by atoms with Gasteiger partial charge < -0.3 is 18.1 Å². The van der Waals surface area contributed by atoms with Crippen LogP contribution in [-0.2, 0) is 4.74 Å². The van der Waals surface area contributed by atoms with E-state index in [0.717, 1.165) is 0 Å². The van der Waals surface area contributed by atoms with E-state index < -0.39 is 5.97 Å². The molecule has 0 aromatic carbocycles. The van der Waals surface area contributed by atoms with Crippen LogP contribution in [0, 0.1) is 0 Å². The van der Waals surface area contributed by atoms with Gasteiger partial charge in [0.05, 0.1) is 19.1 Å². The highest BCUT2D eigenvalue weighted by atomic mass is 16.5. The molecular formula is C14H11NO5. The van der Waals surface area contributed by atoms with Crippen molar-refractivity contribution < 1.29 is 22.9 Å². The smallest absolute Gasteiger partial charge is 0.344 e. The van der Waals surface area contributed by atoms with Gasteiger partial charge in [-0.05, 0) is 31.2 Å². The number of aromatic nitrogens is 1.